The molecule has 0 saturated heterocycles. The number of nitrogens with one attached hydrogen (secondary N) is 2. The Hall–Kier alpha value is -2.53. The lowest BCUT2D eigenvalue weighted by Crippen LogP contribution is -2.28. The zero-order valence-corrected chi connectivity index (χ0v) is 19.7. The van der Waals surface area contributed by atoms with Gasteiger partial charge in [-0.25, -0.2) is 22.5 Å². The zero-order valence-electron chi connectivity index (χ0n) is 18.9. The molecule has 1 fully saturated rings. The van der Waals surface area contributed by atoms with E-state index in [1.807, 2.05) is 0 Å². The highest BCUT2D eigenvalue weighted by atomic mass is 32.2. The van der Waals surface area contributed by atoms with Gasteiger partial charge in [0.25, 0.3) is 0 Å². The lowest BCUT2D eigenvalue weighted by Gasteiger charge is -2.19. The number of sulfonamides is 1. The van der Waals surface area contributed by atoms with Gasteiger partial charge in [-0.05, 0) is 43.0 Å². The number of amides is 1. The maximum atomic E-state index is 14.4. The molecule has 11 heteroatoms. The number of hydrogen-bond acceptors (Lipinski definition) is 4. The Kier molecular flexibility index (Phi) is 7.97. The Morgan fingerprint density at radius 3 is 2.35 bits per heavy atom. The Bertz CT molecular complexity index is 1150. The van der Waals surface area contributed by atoms with Crippen molar-refractivity contribution in [1.82, 2.24) is 15.0 Å². The molecule has 0 spiro atoms. The summed E-state index contributed by atoms with van der Waals surface area (Å²) in [7, 11) is -3.48. The molecule has 1 aliphatic rings. The van der Waals surface area contributed by atoms with Crippen LogP contribution in [0.5, 0.6) is 0 Å². The monoisotopic (exact) mass is 501 g/mol. The Morgan fingerprint density at radius 2 is 1.76 bits per heavy atom. The van der Waals surface area contributed by atoms with Gasteiger partial charge in [0.15, 0.2) is 0 Å². The predicted octanol–water partition coefficient (Wildman–Crippen LogP) is 4.37. The lowest BCUT2D eigenvalue weighted by atomic mass is 9.96. The first kappa shape index (κ1) is 26.1. The molecule has 0 aliphatic heterocycles. The van der Waals surface area contributed by atoms with E-state index in [1.165, 1.54) is 24.3 Å². The molecule has 1 aromatic carbocycles. The van der Waals surface area contributed by atoms with Crippen LogP contribution in [0.3, 0.4) is 0 Å². The van der Waals surface area contributed by atoms with Crippen molar-refractivity contribution in [2.75, 3.05) is 6.26 Å². The van der Waals surface area contributed by atoms with Crippen LogP contribution >= 0.6 is 0 Å². The molecular formula is C23H27F4N3O3S. The third-order valence-electron chi connectivity index (χ3n) is 5.99. The number of benzene rings is 1. The van der Waals surface area contributed by atoms with E-state index in [1.54, 1.807) is 6.92 Å². The molecule has 1 saturated carbocycles. The normalized spacial score (nSPS) is 15.9. The second kappa shape index (κ2) is 10.4. The summed E-state index contributed by atoms with van der Waals surface area (Å²) in [5.74, 6) is -1.87. The number of alkyl halides is 3. The van der Waals surface area contributed by atoms with Crippen LogP contribution in [0, 0.1) is 5.82 Å². The van der Waals surface area contributed by atoms with Crippen molar-refractivity contribution in [3.8, 4) is 0 Å². The van der Waals surface area contributed by atoms with E-state index >= 15 is 0 Å². The van der Waals surface area contributed by atoms with E-state index in [4.69, 9.17) is 0 Å². The summed E-state index contributed by atoms with van der Waals surface area (Å²) < 4.78 is 78.5. The topological polar surface area (TPSA) is 88.2 Å². The number of halogens is 4. The number of hydrogen-bond donors (Lipinski definition) is 2. The summed E-state index contributed by atoms with van der Waals surface area (Å²) in [4.78, 5) is 16.6. The summed E-state index contributed by atoms with van der Waals surface area (Å²) in [5, 5.41) is 2.72. The first-order valence-electron chi connectivity index (χ1n) is 10.9. The third-order valence-corrected chi connectivity index (χ3v) is 6.66. The molecule has 2 N–H and O–H groups in total. The van der Waals surface area contributed by atoms with Crippen molar-refractivity contribution in [3.05, 3.63) is 64.2 Å². The van der Waals surface area contributed by atoms with Crippen molar-refractivity contribution < 1.29 is 30.8 Å². The van der Waals surface area contributed by atoms with Gasteiger partial charge in [-0.15, -0.1) is 0 Å². The molecule has 3 rings (SSSR count). The molecule has 1 atom stereocenters. The lowest BCUT2D eigenvalue weighted by molar-refractivity contribution is -0.141. The van der Waals surface area contributed by atoms with Gasteiger partial charge in [-0.3, -0.25) is 4.79 Å². The van der Waals surface area contributed by atoms with Crippen LogP contribution in [0.2, 0.25) is 0 Å². The molecule has 1 heterocycles. The molecule has 0 radical (unpaired) electrons. The van der Waals surface area contributed by atoms with Crippen LogP contribution in [0.1, 0.15) is 72.5 Å². The number of pyridine rings is 1. The number of aromatic nitrogens is 1. The van der Waals surface area contributed by atoms with Gasteiger partial charge < -0.3 is 5.32 Å². The molecule has 1 aromatic heterocycles. The maximum Gasteiger partial charge on any atom is 0.433 e. The van der Waals surface area contributed by atoms with Gasteiger partial charge in [0.2, 0.25) is 15.9 Å². The van der Waals surface area contributed by atoms with Crippen LogP contribution in [-0.2, 0) is 34.1 Å². The van der Waals surface area contributed by atoms with E-state index < -0.39 is 39.5 Å². The quantitative estimate of drug-likeness (QED) is 0.526. The van der Waals surface area contributed by atoms with Crippen LogP contribution in [0.25, 0.3) is 0 Å². The fourth-order valence-electron chi connectivity index (χ4n) is 4.04. The zero-order chi connectivity index (χ0) is 25.1. The van der Waals surface area contributed by atoms with Crippen LogP contribution < -0.4 is 10.0 Å². The Morgan fingerprint density at radius 1 is 1.12 bits per heavy atom. The average Bonchev–Trinajstić information content (AvgIpc) is 3.29. The van der Waals surface area contributed by atoms with Gasteiger partial charge in [-0.1, -0.05) is 31.0 Å². The second-order valence-corrected chi connectivity index (χ2v) is 10.4. The smallest absolute Gasteiger partial charge is 0.351 e. The minimum Gasteiger partial charge on any atom is -0.351 e. The average molecular weight is 502 g/mol. The maximum absolute atomic E-state index is 14.4. The fraction of sp³-hybridized carbons (Fsp3) is 0.478. The van der Waals surface area contributed by atoms with Gasteiger partial charge in [0.1, 0.15) is 11.5 Å². The number of carbonyl (C=O) groups excluding carboxylic acids is 1. The molecule has 6 nitrogen and oxygen atoms in total. The molecule has 1 unspecified atom stereocenters. The summed E-state index contributed by atoms with van der Waals surface area (Å²) in [6.45, 7) is 1.39. The highest BCUT2D eigenvalue weighted by molar-refractivity contribution is 7.88. The molecule has 0 bridgehead atoms. The van der Waals surface area contributed by atoms with E-state index in [-0.39, 0.29) is 24.6 Å². The van der Waals surface area contributed by atoms with Gasteiger partial charge in [0, 0.05) is 30.3 Å². The van der Waals surface area contributed by atoms with Crippen molar-refractivity contribution >= 4 is 15.9 Å². The SMILES string of the molecule is CC(C(=O)NCc1ccc(C(F)(F)F)nc1C1CCCC1)c1ccc(CNS(C)(=O)=O)c(F)c1. The van der Waals surface area contributed by atoms with Gasteiger partial charge in [0.05, 0.1) is 12.2 Å². The molecule has 34 heavy (non-hydrogen) atoms. The standard InChI is InChI=1S/C23H27F4N3O3S/c1-14(16-7-8-17(19(24)11-16)13-29-34(2,32)33)22(31)28-12-18-9-10-20(23(25,26)27)30-21(18)15-5-3-4-6-15/h7-11,14-15,29H,3-6,12-13H2,1-2H3,(H,28,31). The fourth-order valence-corrected chi connectivity index (χ4v) is 4.45. The first-order valence-corrected chi connectivity index (χ1v) is 12.8. The van der Waals surface area contributed by atoms with Crippen LogP contribution in [0.4, 0.5) is 17.6 Å². The number of nitrogens with zero attached hydrogens (tertiary/aromatic N) is 1. The highest BCUT2D eigenvalue weighted by Gasteiger charge is 2.34. The van der Waals surface area contributed by atoms with Crippen molar-refractivity contribution in [1.29, 1.82) is 0 Å². The van der Waals surface area contributed by atoms with Crippen molar-refractivity contribution in [2.24, 2.45) is 0 Å². The Balaban J connectivity index is 1.71. The number of carbonyl (C=O) groups is 1. The van der Waals surface area contributed by atoms with E-state index in [2.05, 4.69) is 15.0 Å². The van der Waals surface area contributed by atoms with Crippen LogP contribution in [-0.4, -0.2) is 25.6 Å². The van der Waals surface area contributed by atoms with Crippen molar-refractivity contribution in [3.63, 3.8) is 0 Å². The third kappa shape index (κ3) is 6.75. The van der Waals surface area contributed by atoms with E-state index in [9.17, 15) is 30.8 Å². The second-order valence-electron chi connectivity index (χ2n) is 8.60. The minimum absolute atomic E-state index is 0.0129. The molecule has 2 aromatic rings. The minimum atomic E-state index is -4.54. The van der Waals surface area contributed by atoms with E-state index in [0.29, 0.717) is 16.8 Å². The highest BCUT2D eigenvalue weighted by Crippen LogP contribution is 2.37. The summed E-state index contributed by atoms with van der Waals surface area (Å²) in [5.41, 5.74) is 0.486. The van der Waals surface area contributed by atoms with E-state index in [0.717, 1.165) is 38.0 Å². The van der Waals surface area contributed by atoms with Crippen LogP contribution in [0.15, 0.2) is 30.3 Å². The van der Waals surface area contributed by atoms with Crippen molar-refractivity contribution in [2.45, 2.75) is 63.7 Å². The predicted molar refractivity (Wildman–Crippen MR) is 119 cm³/mol. The summed E-state index contributed by atoms with van der Waals surface area (Å²) in [6, 6.07) is 6.40. The molecule has 1 aliphatic carbocycles. The molecular weight excluding hydrogens is 474 g/mol. The summed E-state index contributed by atoms with van der Waals surface area (Å²) >= 11 is 0. The number of rotatable bonds is 8. The largest absolute Gasteiger partial charge is 0.433 e. The first-order chi connectivity index (χ1) is 15.8. The Labute approximate surface area is 196 Å². The summed E-state index contributed by atoms with van der Waals surface area (Å²) in [6.07, 6.45) is -0.219. The van der Waals surface area contributed by atoms with Gasteiger partial charge >= 0.3 is 6.18 Å². The molecule has 186 valence electrons. The molecule has 1 amide bonds. The van der Waals surface area contributed by atoms with Gasteiger partial charge in [-0.2, -0.15) is 13.2 Å².